The zero-order valence-corrected chi connectivity index (χ0v) is 20.2. The lowest BCUT2D eigenvalue weighted by Crippen LogP contribution is -2.36. The maximum Gasteiger partial charge on any atom is 0.256 e. The van der Waals surface area contributed by atoms with Crippen molar-refractivity contribution >= 4 is 39.9 Å². The smallest absolute Gasteiger partial charge is 0.256 e. The predicted molar refractivity (Wildman–Crippen MR) is 143 cm³/mol. The second-order valence-electron chi connectivity index (χ2n) is 8.45. The molecule has 3 aromatic rings. The third kappa shape index (κ3) is 6.13. The van der Waals surface area contributed by atoms with E-state index in [-0.39, 0.29) is 5.91 Å². The van der Waals surface area contributed by atoms with E-state index in [1.165, 1.54) is 42.7 Å². The molecule has 3 aromatic carbocycles. The topological polar surface area (TPSA) is 129 Å². The van der Waals surface area contributed by atoms with Gasteiger partial charge in [0.15, 0.2) is 0 Å². The van der Waals surface area contributed by atoms with E-state index in [1.807, 2.05) is 42.5 Å². The van der Waals surface area contributed by atoms with Gasteiger partial charge in [-0.15, -0.1) is 0 Å². The highest BCUT2D eigenvalue weighted by Crippen LogP contribution is 2.33. The third-order valence-corrected chi connectivity index (χ3v) is 7.21. The van der Waals surface area contributed by atoms with E-state index in [1.54, 1.807) is 18.2 Å². The Morgan fingerprint density at radius 3 is 2.31 bits per heavy atom. The second-order valence-corrected chi connectivity index (χ2v) is 9.46. The van der Waals surface area contributed by atoms with E-state index in [0.29, 0.717) is 38.6 Å². The van der Waals surface area contributed by atoms with Crippen molar-refractivity contribution in [3.05, 3.63) is 83.9 Å². The van der Waals surface area contributed by atoms with E-state index >= 15 is 0 Å². The third-order valence-electron chi connectivity index (χ3n) is 6.15. The number of hydrogen-bond acceptors (Lipinski definition) is 7. The van der Waals surface area contributed by atoms with E-state index in [4.69, 9.17) is 11.7 Å². The van der Waals surface area contributed by atoms with Gasteiger partial charge in [-0.05, 0) is 78.5 Å². The lowest BCUT2D eigenvalue weighted by atomic mass is 9.84. The molecule has 0 radical (unpaired) electrons. The first-order valence-corrected chi connectivity index (χ1v) is 12.4. The van der Waals surface area contributed by atoms with Crippen LogP contribution in [0.1, 0.15) is 53.9 Å². The molecule has 1 aliphatic carbocycles. The Hall–Kier alpha value is -3.53. The summed E-state index contributed by atoms with van der Waals surface area (Å²) in [6.07, 6.45) is 6.31. The van der Waals surface area contributed by atoms with Gasteiger partial charge >= 0.3 is 0 Å². The zero-order valence-electron chi connectivity index (χ0n) is 19.4. The molecule has 4 rings (SSSR count). The largest absolute Gasteiger partial charge is 0.322 e. The maximum atomic E-state index is 13.2. The number of hydrazine groups is 1. The molecule has 0 aliphatic heterocycles. The molecular formula is C26H30N6O2S. The van der Waals surface area contributed by atoms with Gasteiger partial charge in [0.2, 0.25) is 5.17 Å². The van der Waals surface area contributed by atoms with Gasteiger partial charge in [-0.3, -0.25) is 20.5 Å². The van der Waals surface area contributed by atoms with Crippen molar-refractivity contribution < 1.29 is 10.0 Å². The summed E-state index contributed by atoms with van der Waals surface area (Å²) in [5.41, 5.74) is 5.53. The first-order chi connectivity index (χ1) is 17.1. The van der Waals surface area contributed by atoms with Crippen LogP contribution in [-0.4, -0.2) is 16.3 Å². The van der Waals surface area contributed by atoms with E-state index in [2.05, 4.69) is 28.0 Å². The molecule has 0 unspecified atom stereocenters. The average Bonchev–Trinajstić information content (AvgIpc) is 2.92. The summed E-state index contributed by atoms with van der Waals surface area (Å²) in [6, 6.07) is 22.2. The Bertz CT molecular complexity index is 1160. The number of amides is 1. The second kappa shape index (κ2) is 11.7. The zero-order chi connectivity index (χ0) is 24.6. The van der Waals surface area contributed by atoms with Crippen molar-refractivity contribution in [1.82, 2.24) is 0 Å². The minimum absolute atomic E-state index is 0.298. The molecule has 0 saturated heterocycles. The van der Waals surface area contributed by atoms with E-state index in [0.717, 1.165) is 11.8 Å². The van der Waals surface area contributed by atoms with Crippen LogP contribution in [0.2, 0.25) is 0 Å². The Morgan fingerprint density at radius 1 is 0.971 bits per heavy atom. The molecule has 0 atom stereocenters. The number of anilines is 3. The van der Waals surface area contributed by atoms with Crippen molar-refractivity contribution in [2.45, 2.75) is 42.9 Å². The van der Waals surface area contributed by atoms with Gasteiger partial charge < -0.3 is 11.2 Å². The fraction of sp³-hybridized carbons (Fsp3) is 0.231. The van der Waals surface area contributed by atoms with Crippen LogP contribution < -0.4 is 27.5 Å². The molecular weight excluding hydrogens is 460 g/mol. The fourth-order valence-electron chi connectivity index (χ4n) is 4.27. The SMILES string of the molecule is N/N=C(/Sc1ccc(NO)cc1C(=O)Nc1ccc(C2CCCCC2)cc1)N(N)c1ccccc1. The Morgan fingerprint density at radius 2 is 1.66 bits per heavy atom. The van der Waals surface area contributed by atoms with Gasteiger partial charge in [0.1, 0.15) is 0 Å². The van der Waals surface area contributed by atoms with Gasteiger partial charge in [0, 0.05) is 10.6 Å². The Labute approximate surface area is 209 Å². The van der Waals surface area contributed by atoms with Crippen LogP contribution >= 0.6 is 11.8 Å². The monoisotopic (exact) mass is 490 g/mol. The molecule has 182 valence electrons. The maximum absolute atomic E-state index is 13.2. The minimum atomic E-state index is -0.324. The predicted octanol–water partition coefficient (Wildman–Crippen LogP) is 5.49. The number of hydrogen-bond donors (Lipinski definition) is 5. The number of carbonyl (C=O) groups excluding carboxylic acids is 1. The molecule has 9 heteroatoms. The molecule has 0 spiro atoms. The highest BCUT2D eigenvalue weighted by atomic mass is 32.2. The van der Waals surface area contributed by atoms with Gasteiger partial charge in [-0.25, -0.2) is 5.84 Å². The van der Waals surface area contributed by atoms with Crippen LogP contribution in [0.3, 0.4) is 0 Å². The number of nitrogens with one attached hydrogen (secondary N) is 2. The lowest BCUT2D eigenvalue weighted by Gasteiger charge is -2.22. The molecule has 1 fully saturated rings. The van der Waals surface area contributed by atoms with Crippen LogP contribution in [-0.2, 0) is 0 Å². The van der Waals surface area contributed by atoms with Gasteiger partial charge in [0.05, 0.1) is 16.9 Å². The van der Waals surface area contributed by atoms with Gasteiger partial charge in [0.25, 0.3) is 5.91 Å². The van der Waals surface area contributed by atoms with Crippen molar-refractivity contribution in [3.8, 4) is 0 Å². The van der Waals surface area contributed by atoms with Crippen molar-refractivity contribution in [2.24, 2.45) is 16.8 Å². The number of rotatable bonds is 6. The number of thioether (sulfide) groups is 1. The van der Waals surface area contributed by atoms with Gasteiger partial charge in [-0.1, -0.05) is 49.6 Å². The first kappa shape index (κ1) is 24.6. The summed E-state index contributed by atoms with van der Waals surface area (Å²) in [7, 11) is 0. The highest BCUT2D eigenvalue weighted by Gasteiger charge is 2.19. The Kier molecular flexibility index (Phi) is 8.25. The molecule has 0 bridgehead atoms. The molecule has 35 heavy (non-hydrogen) atoms. The average molecular weight is 491 g/mol. The summed E-state index contributed by atoms with van der Waals surface area (Å²) in [5.74, 6) is 12.1. The van der Waals surface area contributed by atoms with Crippen LogP contribution in [0.4, 0.5) is 17.1 Å². The van der Waals surface area contributed by atoms with Crippen molar-refractivity contribution in [1.29, 1.82) is 0 Å². The number of carbonyl (C=O) groups is 1. The molecule has 1 amide bonds. The first-order valence-electron chi connectivity index (χ1n) is 11.6. The molecule has 0 heterocycles. The highest BCUT2D eigenvalue weighted by molar-refractivity contribution is 8.14. The number of hydrazone groups is 1. The van der Waals surface area contributed by atoms with Crippen LogP contribution in [0.15, 0.2) is 82.8 Å². The molecule has 8 nitrogen and oxygen atoms in total. The summed E-state index contributed by atoms with van der Waals surface area (Å²) in [5, 5.41) is 17.8. The molecule has 1 aliphatic rings. The Balaban J connectivity index is 1.53. The number of para-hydroxylation sites is 1. The van der Waals surface area contributed by atoms with Crippen LogP contribution in [0.25, 0.3) is 0 Å². The molecule has 7 N–H and O–H groups in total. The summed E-state index contributed by atoms with van der Waals surface area (Å²) in [6.45, 7) is 0. The molecule has 0 aromatic heterocycles. The number of amidine groups is 1. The van der Waals surface area contributed by atoms with Crippen molar-refractivity contribution in [2.75, 3.05) is 15.8 Å². The minimum Gasteiger partial charge on any atom is -0.322 e. The van der Waals surface area contributed by atoms with E-state index < -0.39 is 0 Å². The number of benzene rings is 3. The van der Waals surface area contributed by atoms with Crippen molar-refractivity contribution in [3.63, 3.8) is 0 Å². The standard InChI is InChI=1S/C26H30N6O2S/c27-30-26(32(28)22-9-5-2-6-10-22)35-24-16-15-21(31-34)17-23(24)25(33)29-20-13-11-19(12-14-20)18-7-3-1-4-8-18/h2,5-6,9-18,31,34H,1,3-4,7-8,27-28H2,(H,29,33)/b30-26+. The fourth-order valence-corrected chi connectivity index (χ4v) is 5.12. The molecule has 1 saturated carbocycles. The number of nitrogens with two attached hydrogens (primary N) is 2. The summed E-state index contributed by atoms with van der Waals surface area (Å²) >= 11 is 1.15. The quantitative estimate of drug-likeness (QED) is 0.102. The number of nitrogens with zero attached hydrogens (tertiary/aromatic N) is 2. The summed E-state index contributed by atoms with van der Waals surface area (Å²) < 4.78 is 0. The lowest BCUT2D eigenvalue weighted by molar-refractivity contribution is 0.102. The van der Waals surface area contributed by atoms with Crippen LogP contribution in [0, 0.1) is 0 Å². The van der Waals surface area contributed by atoms with E-state index in [9.17, 15) is 10.0 Å². The normalized spacial score (nSPS) is 14.4. The summed E-state index contributed by atoms with van der Waals surface area (Å²) in [4.78, 5) is 13.8. The van der Waals surface area contributed by atoms with Crippen LogP contribution in [0.5, 0.6) is 0 Å². The van der Waals surface area contributed by atoms with Gasteiger partial charge in [-0.2, -0.15) is 5.10 Å².